The highest BCUT2D eigenvalue weighted by Crippen LogP contribution is 2.43. The van der Waals surface area contributed by atoms with Crippen LogP contribution in [0, 0.1) is 11.8 Å². The molecular formula is C24H22Cl2N2O6. The summed E-state index contributed by atoms with van der Waals surface area (Å²) >= 11 is 12.4. The number of hydrogen-bond donors (Lipinski definition) is 1. The molecule has 8 nitrogen and oxygen atoms in total. The van der Waals surface area contributed by atoms with E-state index in [2.05, 4.69) is 5.32 Å². The van der Waals surface area contributed by atoms with Gasteiger partial charge in [-0.25, -0.2) is 4.79 Å². The van der Waals surface area contributed by atoms with E-state index in [0.717, 1.165) is 4.90 Å². The minimum atomic E-state index is -0.759. The average Bonchev–Trinajstić information content (AvgIpc) is 3.07. The van der Waals surface area contributed by atoms with E-state index in [1.165, 1.54) is 19.2 Å². The molecule has 0 aromatic heterocycles. The van der Waals surface area contributed by atoms with Gasteiger partial charge in [0, 0.05) is 5.69 Å². The summed E-state index contributed by atoms with van der Waals surface area (Å²) in [6.45, 7) is -0.505. The molecule has 0 bridgehead atoms. The van der Waals surface area contributed by atoms with E-state index < -0.39 is 30.3 Å². The number of rotatable bonds is 6. The van der Waals surface area contributed by atoms with Gasteiger partial charge in [-0.15, -0.1) is 23.2 Å². The molecule has 1 saturated heterocycles. The number of nitrogens with one attached hydrogen (secondary N) is 1. The van der Waals surface area contributed by atoms with Crippen LogP contribution in [0.2, 0.25) is 0 Å². The molecule has 2 aromatic carbocycles. The summed E-state index contributed by atoms with van der Waals surface area (Å²) in [5.74, 6) is -2.39. The number of hydrogen-bond acceptors (Lipinski definition) is 6. The number of halogens is 2. The van der Waals surface area contributed by atoms with Crippen LogP contribution in [0.25, 0.3) is 0 Å². The summed E-state index contributed by atoms with van der Waals surface area (Å²) in [6.07, 6.45) is 0.652. The van der Waals surface area contributed by atoms with Gasteiger partial charge in [0.15, 0.2) is 6.61 Å². The lowest BCUT2D eigenvalue weighted by Crippen LogP contribution is -2.34. The van der Waals surface area contributed by atoms with Crippen molar-refractivity contribution in [3.8, 4) is 5.75 Å². The molecule has 1 aliphatic heterocycles. The second-order valence-corrected chi connectivity index (χ2v) is 9.25. The van der Waals surface area contributed by atoms with Gasteiger partial charge in [-0.2, -0.15) is 0 Å². The zero-order chi connectivity index (χ0) is 24.4. The molecule has 4 atom stereocenters. The number of benzene rings is 2. The molecule has 2 aromatic rings. The predicted octanol–water partition coefficient (Wildman–Crippen LogP) is 3.60. The first-order chi connectivity index (χ1) is 16.3. The zero-order valence-electron chi connectivity index (χ0n) is 18.2. The van der Waals surface area contributed by atoms with Crippen LogP contribution in [-0.2, 0) is 19.1 Å². The Balaban J connectivity index is 1.40. The molecule has 3 amide bonds. The maximum Gasteiger partial charge on any atom is 0.338 e. The summed E-state index contributed by atoms with van der Waals surface area (Å²) in [5.41, 5.74) is 0.893. The second-order valence-electron chi connectivity index (χ2n) is 8.13. The van der Waals surface area contributed by atoms with E-state index >= 15 is 0 Å². The average molecular weight is 505 g/mol. The van der Waals surface area contributed by atoms with Gasteiger partial charge in [0.1, 0.15) is 5.75 Å². The number of alkyl halides is 2. The topological polar surface area (TPSA) is 102 Å². The van der Waals surface area contributed by atoms with E-state index in [1.54, 1.807) is 36.4 Å². The summed E-state index contributed by atoms with van der Waals surface area (Å²) in [5, 5.41) is 1.84. The number of methoxy groups -OCH3 is 1. The van der Waals surface area contributed by atoms with Crippen molar-refractivity contribution in [3.63, 3.8) is 0 Å². The number of amides is 3. The van der Waals surface area contributed by atoms with Crippen LogP contribution < -0.4 is 15.0 Å². The van der Waals surface area contributed by atoms with E-state index in [4.69, 9.17) is 32.7 Å². The Hall–Kier alpha value is -3.10. The maximum atomic E-state index is 12.9. The number of imide groups is 1. The fraction of sp³-hybridized carbons (Fsp3) is 0.333. The number of carbonyl (C=O) groups excluding carboxylic acids is 4. The quantitative estimate of drug-likeness (QED) is 0.366. The molecule has 0 spiro atoms. The van der Waals surface area contributed by atoms with Crippen LogP contribution in [-0.4, -0.2) is 48.2 Å². The summed E-state index contributed by atoms with van der Waals surface area (Å²) in [4.78, 5) is 51.6. The molecule has 10 heteroatoms. The van der Waals surface area contributed by atoms with E-state index in [0.29, 0.717) is 24.3 Å². The molecule has 1 heterocycles. The van der Waals surface area contributed by atoms with Gasteiger partial charge in [-0.1, -0.05) is 6.07 Å². The van der Waals surface area contributed by atoms with Crippen LogP contribution >= 0.6 is 23.2 Å². The highest BCUT2D eigenvalue weighted by molar-refractivity contribution is 6.31. The summed E-state index contributed by atoms with van der Waals surface area (Å²) < 4.78 is 10.2. The molecule has 2 aliphatic rings. The number of esters is 1. The molecule has 4 rings (SSSR count). The van der Waals surface area contributed by atoms with Crippen molar-refractivity contribution in [2.75, 3.05) is 23.9 Å². The maximum absolute atomic E-state index is 12.9. The van der Waals surface area contributed by atoms with Crippen molar-refractivity contribution < 1.29 is 28.7 Å². The molecule has 1 saturated carbocycles. The van der Waals surface area contributed by atoms with Crippen molar-refractivity contribution in [3.05, 3.63) is 54.1 Å². The highest BCUT2D eigenvalue weighted by atomic mass is 35.5. The van der Waals surface area contributed by atoms with Gasteiger partial charge in [-0.3, -0.25) is 19.3 Å². The van der Waals surface area contributed by atoms with Crippen LogP contribution in [0.4, 0.5) is 11.4 Å². The Morgan fingerprint density at radius 2 is 1.62 bits per heavy atom. The summed E-state index contributed by atoms with van der Waals surface area (Å²) in [6, 6.07) is 12.7. The lowest BCUT2D eigenvalue weighted by Gasteiger charge is -2.28. The molecule has 0 unspecified atom stereocenters. The van der Waals surface area contributed by atoms with Gasteiger partial charge < -0.3 is 14.8 Å². The van der Waals surface area contributed by atoms with Gasteiger partial charge in [0.25, 0.3) is 5.91 Å². The molecule has 2 fully saturated rings. The Labute approximate surface area is 206 Å². The molecule has 0 radical (unpaired) electrons. The van der Waals surface area contributed by atoms with Gasteiger partial charge in [-0.05, 0) is 55.3 Å². The largest absolute Gasteiger partial charge is 0.497 e. The molecule has 178 valence electrons. The SMILES string of the molecule is COc1ccc(NC(=O)COC(=O)c2cccc(N3C(=O)[C@@H]4C[C@H](Cl)[C@@H](Cl)C[C@H]4C3=O)c2)cc1. The fourth-order valence-electron chi connectivity index (χ4n) is 4.21. The third-order valence-electron chi connectivity index (χ3n) is 5.96. The van der Waals surface area contributed by atoms with Gasteiger partial charge in [0.05, 0.1) is 41.0 Å². The van der Waals surface area contributed by atoms with Crippen molar-refractivity contribution in [2.24, 2.45) is 11.8 Å². The second kappa shape index (κ2) is 10.0. The minimum absolute atomic E-state index is 0.107. The molecule has 34 heavy (non-hydrogen) atoms. The van der Waals surface area contributed by atoms with E-state index in [-0.39, 0.29) is 33.8 Å². The van der Waals surface area contributed by atoms with Gasteiger partial charge in [0.2, 0.25) is 11.8 Å². The first-order valence-electron chi connectivity index (χ1n) is 10.7. The van der Waals surface area contributed by atoms with Gasteiger partial charge >= 0.3 is 5.97 Å². The van der Waals surface area contributed by atoms with Crippen LogP contribution in [0.1, 0.15) is 23.2 Å². The zero-order valence-corrected chi connectivity index (χ0v) is 19.7. The smallest absolute Gasteiger partial charge is 0.338 e. The first-order valence-corrected chi connectivity index (χ1v) is 11.5. The fourth-order valence-corrected chi connectivity index (χ4v) is 4.80. The van der Waals surface area contributed by atoms with Crippen molar-refractivity contribution in [2.45, 2.75) is 23.6 Å². The number of anilines is 2. The van der Waals surface area contributed by atoms with Crippen molar-refractivity contribution in [1.82, 2.24) is 0 Å². The minimum Gasteiger partial charge on any atom is -0.497 e. The van der Waals surface area contributed by atoms with Crippen molar-refractivity contribution >= 4 is 58.3 Å². The van der Waals surface area contributed by atoms with E-state index in [9.17, 15) is 19.2 Å². The van der Waals surface area contributed by atoms with Crippen LogP contribution in [0.5, 0.6) is 5.75 Å². The Kier molecular flexibility index (Phi) is 7.09. The lowest BCUT2D eigenvalue weighted by molar-refractivity contribution is -0.122. The number of nitrogens with zero attached hydrogens (tertiary/aromatic N) is 1. The first kappa shape index (κ1) is 24.0. The third-order valence-corrected chi connectivity index (χ3v) is 7.05. The highest BCUT2D eigenvalue weighted by Gasteiger charge is 2.52. The Morgan fingerprint density at radius 1 is 1.00 bits per heavy atom. The Bertz CT molecular complexity index is 1090. The van der Waals surface area contributed by atoms with Crippen LogP contribution in [0.3, 0.4) is 0 Å². The predicted molar refractivity (Wildman–Crippen MR) is 126 cm³/mol. The molecule has 1 N–H and O–H groups in total. The summed E-state index contributed by atoms with van der Waals surface area (Å²) in [7, 11) is 1.54. The Morgan fingerprint density at radius 3 is 2.21 bits per heavy atom. The number of fused-ring (bicyclic) bond motifs is 1. The number of ether oxygens (including phenoxy) is 2. The van der Waals surface area contributed by atoms with Crippen LogP contribution in [0.15, 0.2) is 48.5 Å². The number of carbonyl (C=O) groups is 4. The monoisotopic (exact) mass is 504 g/mol. The normalized spacial score (nSPS) is 23.9. The lowest BCUT2D eigenvalue weighted by atomic mass is 9.80. The van der Waals surface area contributed by atoms with Crippen molar-refractivity contribution in [1.29, 1.82) is 0 Å². The standard InChI is InChI=1S/C24H22Cl2N2O6/c1-33-16-7-5-14(6-8-16)27-21(29)12-34-24(32)13-3-2-4-15(9-13)28-22(30)17-10-19(25)20(26)11-18(17)23(28)31/h2-9,17-20H,10-12H2,1H3,(H,27,29)/t17-,18-,19+,20+/m1/s1. The van der Waals surface area contributed by atoms with E-state index in [1.807, 2.05) is 0 Å². The third kappa shape index (κ3) is 4.88. The molecular weight excluding hydrogens is 483 g/mol. The molecule has 1 aliphatic carbocycles.